The van der Waals surface area contributed by atoms with E-state index in [0.717, 1.165) is 13.0 Å². The first-order chi connectivity index (χ1) is 9.56. The summed E-state index contributed by atoms with van der Waals surface area (Å²) in [7, 11) is 1.83. The number of nitrogens with zero attached hydrogens (tertiary/aromatic N) is 2. The second-order valence-corrected chi connectivity index (χ2v) is 5.39. The molecular weight excluding hydrogens is 259 g/mol. The smallest absolute Gasteiger partial charge is 0.222 e. The average molecular weight is 280 g/mol. The molecule has 0 radical (unpaired) electrons. The lowest BCUT2D eigenvalue weighted by atomic mass is 10.2. The number of amides is 1. The SMILES string of the molecule is CN(Cc1ccccc1F)CC(O)CN1CCCC1=O. The van der Waals surface area contributed by atoms with Gasteiger partial charge in [0.1, 0.15) is 5.82 Å². The molecule has 1 saturated heterocycles. The van der Waals surface area contributed by atoms with Crippen molar-refractivity contribution in [2.45, 2.75) is 25.5 Å². The van der Waals surface area contributed by atoms with E-state index in [1.165, 1.54) is 6.07 Å². The maximum absolute atomic E-state index is 13.5. The standard InChI is InChI=1S/C15H21FN2O2/c1-17(9-12-5-2-3-6-14(12)16)10-13(19)11-18-8-4-7-15(18)20/h2-3,5-6,13,19H,4,7-11H2,1H3. The number of likely N-dealkylation sites (tertiary alicyclic amines) is 1. The zero-order valence-electron chi connectivity index (χ0n) is 11.8. The van der Waals surface area contributed by atoms with Crippen molar-refractivity contribution in [3.63, 3.8) is 0 Å². The van der Waals surface area contributed by atoms with Crippen molar-refractivity contribution in [1.29, 1.82) is 0 Å². The largest absolute Gasteiger partial charge is 0.390 e. The summed E-state index contributed by atoms with van der Waals surface area (Å²) in [5, 5.41) is 10.0. The lowest BCUT2D eigenvalue weighted by Crippen LogP contribution is -2.39. The number of aliphatic hydroxyl groups excluding tert-OH is 1. The van der Waals surface area contributed by atoms with Crippen LogP contribution in [0.25, 0.3) is 0 Å². The molecule has 2 rings (SSSR count). The van der Waals surface area contributed by atoms with Gasteiger partial charge in [0.15, 0.2) is 0 Å². The fourth-order valence-corrected chi connectivity index (χ4v) is 2.55. The maximum atomic E-state index is 13.5. The van der Waals surface area contributed by atoms with Crippen LogP contribution in [0.4, 0.5) is 4.39 Å². The number of carbonyl (C=O) groups is 1. The first-order valence-electron chi connectivity index (χ1n) is 6.94. The average Bonchev–Trinajstić information content (AvgIpc) is 2.77. The van der Waals surface area contributed by atoms with Gasteiger partial charge in [-0.3, -0.25) is 9.69 Å². The number of hydrogen-bond donors (Lipinski definition) is 1. The summed E-state index contributed by atoms with van der Waals surface area (Å²) in [5.74, 6) is -0.121. The number of rotatable bonds is 6. The predicted octanol–water partition coefficient (Wildman–Crippen LogP) is 1.24. The van der Waals surface area contributed by atoms with Gasteiger partial charge in [-0.15, -0.1) is 0 Å². The zero-order valence-corrected chi connectivity index (χ0v) is 11.8. The van der Waals surface area contributed by atoms with Gasteiger partial charge in [-0.05, 0) is 19.5 Å². The lowest BCUT2D eigenvalue weighted by molar-refractivity contribution is -0.129. The summed E-state index contributed by atoms with van der Waals surface area (Å²) in [4.78, 5) is 15.0. The summed E-state index contributed by atoms with van der Waals surface area (Å²) in [6, 6.07) is 6.63. The van der Waals surface area contributed by atoms with Crippen LogP contribution in [-0.2, 0) is 11.3 Å². The molecular formula is C15H21FN2O2. The fourth-order valence-electron chi connectivity index (χ4n) is 2.55. The molecule has 5 heteroatoms. The topological polar surface area (TPSA) is 43.8 Å². The third kappa shape index (κ3) is 4.02. The third-order valence-electron chi connectivity index (χ3n) is 3.52. The van der Waals surface area contributed by atoms with Crippen molar-refractivity contribution in [3.05, 3.63) is 35.6 Å². The van der Waals surface area contributed by atoms with Gasteiger partial charge >= 0.3 is 0 Å². The quantitative estimate of drug-likeness (QED) is 0.852. The minimum absolute atomic E-state index is 0.112. The van der Waals surface area contributed by atoms with Gasteiger partial charge in [0, 0.05) is 38.2 Å². The Morgan fingerprint density at radius 2 is 2.20 bits per heavy atom. The van der Waals surface area contributed by atoms with E-state index in [-0.39, 0.29) is 11.7 Å². The Morgan fingerprint density at radius 1 is 1.45 bits per heavy atom. The van der Waals surface area contributed by atoms with Gasteiger partial charge in [-0.2, -0.15) is 0 Å². The van der Waals surface area contributed by atoms with Crippen molar-refractivity contribution in [2.75, 3.05) is 26.7 Å². The normalized spacial score (nSPS) is 17.0. The number of carbonyl (C=O) groups excluding carboxylic acids is 1. The van der Waals surface area contributed by atoms with Crippen molar-refractivity contribution in [3.8, 4) is 0 Å². The molecule has 20 heavy (non-hydrogen) atoms. The van der Waals surface area contributed by atoms with E-state index in [1.807, 2.05) is 11.9 Å². The second-order valence-electron chi connectivity index (χ2n) is 5.39. The molecule has 1 amide bonds. The molecule has 4 nitrogen and oxygen atoms in total. The summed E-state index contributed by atoms with van der Waals surface area (Å²) >= 11 is 0. The van der Waals surface area contributed by atoms with Crippen LogP contribution in [-0.4, -0.2) is 53.6 Å². The summed E-state index contributed by atoms with van der Waals surface area (Å²) in [5.41, 5.74) is 0.611. The third-order valence-corrected chi connectivity index (χ3v) is 3.52. The molecule has 0 bridgehead atoms. The molecule has 0 aromatic heterocycles. The Balaban J connectivity index is 1.80. The van der Waals surface area contributed by atoms with Crippen LogP contribution >= 0.6 is 0 Å². The van der Waals surface area contributed by atoms with E-state index in [0.29, 0.717) is 31.6 Å². The lowest BCUT2D eigenvalue weighted by Gasteiger charge is -2.24. The van der Waals surface area contributed by atoms with Gasteiger partial charge in [0.05, 0.1) is 6.10 Å². The summed E-state index contributed by atoms with van der Waals surface area (Å²) in [6.07, 6.45) is 0.850. The Hall–Kier alpha value is -1.46. The Labute approximate surface area is 118 Å². The molecule has 0 aliphatic carbocycles. The van der Waals surface area contributed by atoms with Gasteiger partial charge < -0.3 is 10.0 Å². The van der Waals surface area contributed by atoms with Crippen molar-refractivity contribution in [2.24, 2.45) is 0 Å². The Kier molecular flexibility index (Phi) is 5.09. The predicted molar refractivity (Wildman–Crippen MR) is 74.6 cm³/mol. The zero-order chi connectivity index (χ0) is 14.5. The maximum Gasteiger partial charge on any atom is 0.222 e. The number of likely N-dealkylation sites (N-methyl/N-ethyl adjacent to an activating group) is 1. The number of benzene rings is 1. The van der Waals surface area contributed by atoms with E-state index >= 15 is 0 Å². The van der Waals surface area contributed by atoms with E-state index in [2.05, 4.69) is 0 Å². The second kappa shape index (κ2) is 6.81. The van der Waals surface area contributed by atoms with Crippen LogP contribution in [0.1, 0.15) is 18.4 Å². The van der Waals surface area contributed by atoms with Crippen LogP contribution in [0.5, 0.6) is 0 Å². The molecule has 1 aromatic carbocycles. The van der Waals surface area contributed by atoms with Gasteiger partial charge in [-0.1, -0.05) is 18.2 Å². The number of β-amino-alcohol motifs (C(OH)–C–C–N with tert-alkyl or cyclic N) is 1. The Morgan fingerprint density at radius 3 is 2.85 bits per heavy atom. The molecule has 1 aliphatic heterocycles. The molecule has 1 fully saturated rings. The van der Waals surface area contributed by atoms with E-state index in [1.54, 1.807) is 23.1 Å². The van der Waals surface area contributed by atoms with E-state index < -0.39 is 6.10 Å². The summed E-state index contributed by atoms with van der Waals surface area (Å²) in [6.45, 7) is 1.95. The molecule has 1 aliphatic rings. The highest BCUT2D eigenvalue weighted by Gasteiger charge is 2.23. The minimum atomic E-state index is -0.603. The number of hydrogen-bond acceptors (Lipinski definition) is 3. The molecule has 1 heterocycles. The van der Waals surface area contributed by atoms with Gasteiger partial charge in [0.25, 0.3) is 0 Å². The van der Waals surface area contributed by atoms with Gasteiger partial charge in [0.2, 0.25) is 5.91 Å². The molecule has 1 atom stereocenters. The summed E-state index contributed by atoms with van der Waals surface area (Å²) < 4.78 is 13.5. The van der Waals surface area contributed by atoms with Crippen LogP contribution in [0, 0.1) is 5.82 Å². The number of aliphatic hydroxyl groups is 1. The van der Waals surface area contributed by atoms with Crippen LogP contribution in [0.2, 0.25) is 0 Å². The molecule has 110 valence electrons. The highest BCUT2D eigenvalue weighted by molar-refractivity contribution is 5.78. The van der Waals surface area contributed by atoms with E-state index in [9.17, 15) is 14.3 Å². The first kappa shape index (κ1) is 14.9. The van der Waals surface area contributed by atoms with Crippen LogP contribution in [0.15, 0.2) is 24.3 Å². The minimum Gasteiger partial charge on any atom is -0.390 e. The van der Waals surface area contributed by atoms with Crippen molar-refractivity contribution in [1.82, 2.24) is 9.80 Å². The molecule has 1 aromatic rings. The highest BCUT2D eigenvalue weighted by atomic mass is 19.1. The molecule has 0 spiro atoms. The number of halogens is 1. The monoisotopic (exact) mass is 280 g/mol. The highest BCUT2D eigenvalue weighted by Crippen LogP contribution is 2.12. The fraction of sp³-hybridized carbons (Fsp3) is 0.533. The first-order valence-corrected chi connectivity index (χ1v) is 6.94. The van der Waals surface area contributed by atoms with E-state index in [4.69, 9.17) is 0 Å². The molecule has 1 unspecified atom stereocenters. The van der Waals surface area contributed by atoms with Crippen LogP contribution < -0.4 is 0 Å². The van der Waals surface area contributed by atoms with Gasteiger partial charge in [-0.25, -0.2) is 4.39 Å². The van der Waals surface area contributed by atoms with Crippen molar-refractivity contribution < 1.29 is 14.3 Å². The Bertz CT molecular complexity index is 467. The molecule has 1 N–H and O–H groups in total. The molecule has 0 saturated carbocycles. The van der Waals surface area contributed by atoms with Crippen molar-refractivity contribution >= 4 is 5.91 Å². The van der Waals surface area contributed by atoms with Crippen LogP contribution in [0.3, 0.4) is 0 Å².